The fourth-order valence-electron chi connectivity index (χ4n) is 1.65. The lowest BCUT2D eigenvalue weighted by atomic mass is 10.2. The van der Waals surface area contributed by atoms with Gasteiger partial charge < -0.3 is 4.98 Å². The third-order valence-corrected chi connectivity index (χ3v) is 2.94. The summed E-state index contributed by atoms with van der Waals surface area (Å²) in [6.07, 6.45) is 1.66. The van der Waals surface area contributed by atoms with Crippen LogP contribution in [0.2, 0.25) is 0 Å². The molecule has 1 N–H and O–H groups in total. The van der Waals surface area contributed by atoms with Crippen LogP contribution in [0.5, 0.6) is 0 Å². The van der Waals surface area contributed by atoms with Gasteiger partial charge in [0.15, 0.2) is 5.65 Å². The van der Waals surface area contributed by atoms with Crippen molar-refractivity contribution in [3.8, 4) is 11.4 Å². The van der Waals surface area contributed by atoms with Gasteiger partial charge in [-0.25, -0.2) is 14.4 Å². The van der Waals surface area contributed by atoms with E-state index in [0.29, 0.717) is 21.5 Å². The molecule has 0 bridgehead atoms. The Morgan fingerprint density at radius 1 is 1.24 bits per heavy atom. The minimum Gasteiger partial charge on any atom is -0.336 e. The van der Waals surface area contributed by atoms with Crippen molar-refractivity contribution < 1.29 is 4.39 Å². The Morgan fingerprint density at radius 3 is 2.88 bits per heavy atom. The Balaban J connectivity index is 2.20. The van der Waals surface area contributed by atoms with Gasteiger partial charge in [0.25, 0.3) is 0 Å². The normalized spacial score (nSPS) is 10.9. The highest BCUT2D eigenvalue weighted by atomic mass is 79.9. The molecule has 17 heavy (non-hydrogen) atoms. The summed E-state index contributed by atoms with van der Waals surface area (Å²) in [4.78, 5) is 11.4. The molecule has 0 atom stereocenters. The number of halogens is 2. The van der Waals surface area contributed by atoms with Gasteiger partial charge in [0.1, 0.15) is 11.6 Å². The SMILES string of the molecule is Fc1cc(Br)ccc1-c1nc2ncccc2[nH]1. The minimum atomic E-state index is -0.321. The van der Waals surface area contributed by atoms with Gasteiger partial charge in [-0.15, -0.1) is 0 Å². The second kappa shape index (κ2) is 3.92. The zero-order valence-corrected chi connectivity index (χ0v) is 10.2. The third kappa shape index (κ3) is 1.82. The van der Waals surface area contributed by atoms with Crippen LogP contribution in [-0.4, -0.2) is 15.0 Å². The van der Waals surface area contributed by atoms with Gasteiger partial charge in [0.2, 0.25) is 0 Å². The maximum atomic E-state index is 13.8. The van der Waals surface area contributed by atoms with E-state index in [-0.39, 0.29) is 5.82 Å². The number of aromatic amines is 1. The van der Waals surface area contributed by atoms with Crippen LogP contribution >= 0.6 is 15.9 Å². The van der Waals surface area contributed by atoms with Gasteiger partial charge >= 0.3 is 0 Å². The van der Waals surface area contributed by atoms with E-state index in [1.165, 1.54) is 6.07 Å². The van der Waals surface area contributed by atoms with E-state index in [0.717, 1.165) is 5.52 Å². The number of nitrogens with one attached hydrogen (secondary N) is 1. The van der Waals surface area contributed by atoms with E-state index in [1.807, 2.05) is 12.1 Å². The predicted octanol–water partition coefficient (Wildman–Crippen LogP) is 3.53. The molecule has 0 saturated carbocycles. The van der Waals surface area contributed by atoms with Crippen LogP contribution in [0, 0.1) is 5.82 Å². The fourth-order valence-corrected chi connectivity index (χ4v) is 1.99. The number of imidazole rings is 1. The summed E-state index contributed by atoms with van der Waals surface area (Å²) in [6.45, 7) is 0. The van der Waals surface area contributed by atoms with Crippen LogP contribution in [-0.2, 0) is 0 Å². The first-order valence-corrected chi connectivity index (χ1v) is 5.79. The maximum Gasteiger partial charge on any atom is 0.178 e. The van der Waals surface area contributed by atoms with E-state index in [4.69, 9.17) is 0 Å². The van der Waals surface area contributed by atoms with Gasteiger partial charge in [-0.05, 0) is 30.3 Å². The summed E-state index contributed by atoms with van der Waals surface area (Å²) in [5.41, 5.74) is 1.82. The van der Waals surface area contributed by atoms with Crippen molar-refractivity contribution in [2.24, 2.45) is 0 Å². The molecule has 5 heteroatoms. The molecule has 3 rings (SSSR count). The molecule has 1 aromatic carbocycles. The molecular formula is C12H7BrFN3. The Bertz CT molecular complexity index is 660. The first kappa shape index (κ1) is 10.4. The van der Waals surface area contributed by atoms with Crippen LogP contribution in [0.1, 0.15) is 0 Å². The number of hydrogen-bond donors (Lipinski definition) is 1. The van der Waals surface area contributed by atoms with Crippen molar-refractivity contribution in [2.75, 3.05) is 0 Å². The van der Waals surface area contributed by atoms with Crippen LogP contribution in [0.4, 0.5) is 4.39 Å². The predicted molar refractivity (Wildman–Crippen MR) is 67.0 cm³/mol. The van der Waals surface area contributed by atoms with Crippen LogP contribution in [0.15, 0.2) is 41.0 Å². The molecule has 84 valence electrons. The Hall–Kier alpha value is -1.75. The number of rotatable bonds is 1. The van der Waals surface area contributed by atoms with Crippen molar-refractivity contribution in [3.05, 3.63) is 46.8 Å². The smallest absolute Gasteiger partial charge is 0.178 e. The van der Waals surface area contributed by atoms with E-state index in [1.54, 1.807) is 18.3 Å². The Kier molecular flexibility index (Phi) is 2.40. The van der Waals surface area contributed by atoms with Gasteiger partial charge in [0.05, 0.1) is 11.1 Å². The van der Waals surface area contributed by atoms with Crippen LogP contribution in [0.3, 0.4) is 0 Å². The highest BCUT2D eigenvalue weighted by Gasteiger charge is 2.10. The molecule has 0 saturated heterocycles. The van der Waals surface area contributed by atoms with E-state index >= 15 is 0 Å². The lowest BCUT2D eigenvalue weighted by molar-refractivity contribution is 0.629. The molecule has 0 aliphatic rings. The second-order valence-electron chi connectivity index (χ2n) is 3.58. The van der Waals surface area contributed by atoms with Gasteiger partial charge in [-0.3, -0.25) is 0 Å². The number of H-pyrrole nitrogens is 1. The zero-order valence-electron chi connectivity index (χ0n) is 8.61. The average molecular weight is 292 g/mol. The van der Waals surface area contributed by atoms with Crippen LogP contribution in [0.25, 0.3) is 22.6 Å². The molecule has 0 unspecified atom stereocenters. The van der Waals surface area contributed by atoms with Gasteiger partial charge in [-0.2, -0.15) is 0 Å². The fraction of sp³-hybridized carbons (Fsp3) is 0. The molecule has 0 amide bonds. The van der Waals surface area contributed by atoms with E-state index in [2.05, 4.69) is 30.9 Å². The molecule has 0 radical (unpaired) electrons. The number of pyridine rings is 1. The second-order valence-corrected chi connectivity index (χ2v) is 4.50. The van der Waals surface area contributed by atoms with Crippen molar-refractivity contribution in [3.63, 3.8) is 0 Å². The maximum absolute atomic E-state index is 13.8. The molecule has 0 aliphatic heterocycles. The van der Waals surface area contributed by atoms with Crippen molar-refractivity contribution >= 4 is 27.1 Å². The van der Waals surface area contributed by atoms with E-state index < -0.39 is 0 Å². The third-order valence-electron chi connectivity index (χ3n) is 2.44. The number of benzene rings is 1. The molecule has 2 aromatic heterocycles. The summed E-state index contributed by atoms with van der Waals surface area (Å²) in [7, 11) is 0. The van der Waals surface area contributed by atoms with Crippen molar-refractivity contribution in [1.82, 2.24) is 15.0 Å². The standard InChI is InChI=1S/C12H7BrFN3/c13-7-3-4-8(9(14)6-7)11-16-10-2-1-5-15-12(10)17-11/h1-6H,(H,15,16,17). The average Bonchev–Trinajstić information content (AvgIpc) is 2.72. The molecule has 3 aromatic rings. The largest absolute Gasteiger partial charge is 0.336 e. The summed E-state index contributed by atoms with van der Waals surface area (Å²) < 4.78 is 14.5. The minimum absolute atomic E-state index is 0.321. The molecule has 0 spiro atoms. The van der Waals surface area contributed by atoms with Crippen molar-refractivity contribution in [1.29, 1.82) is 0 Å². The lowest BCUT2D eigenvalue weighted by Crippen LogP contribution is -1.86. The molecule has 0 aliphatic carbocycles. The molecule has 0 fully saturated rings. The molecular weight excluding hydrogens is 285 g/mol. The summed E-state index contributed by atoms with van der Waals surface area (Å²) in [6, 6.07) is 8.53. The summed E-state index contributed by atoms with van der Waals surface area (Å²) in [5, 5.41) is 0. The number of nitrogens with zero attached hydrogens (tertiary/aromatic N) is 2. The lowest BCUT2D eigenvalue weighted by Gasteiger charge is -1.99. The highest BCUT2D eigenvalue weighted by molar-refractivity contribution is 9.10. The highest BCUT2D eigenvalue weighted by Crippen LogP contribution is 2.24. The number of fused-ring (bicyclic) bond motifs is 1. The van der Waals surface area contributed by atoms with E-state index in [9.17, 15) is 4.39 Å². The van der Waals surface area contributed by atoms with Gasteiger partial charge in [0, 0.05) is 10.7 Å². The van der Waals surface area contributed by atoms with Crippen molar-refractivity contribution in [2.45, 2.75) is 0 Å². The van der Waals surface area contributed by atoms with Crippen LogP contribution < -0.4 is 0 Å². The Labute approximate surface area is 105 Å². The first-order valence-electron chi connectivity index (χ1n) is 5.00. The zero-order chi connectivity index (χ0) is 11.8. The number of aromatic nitrogens is 3. The number of hydrogen-bond acceptors (Lipinski definition) is 2. The van der Waals surface area contributed by atoms with Gasteiger partial charge in [-0.1, -0.05) is 15.9 Å². The monoisotopic (exact) mass is 291 g/mol. The summed E-state index contributed by atoms with van der Waals surface area (Å²) in [5.74, 6) is 0.169. The topological polar surface area (TPSA) is 41.6 Å². The summed E-state index contributed by atoms with van der Waals surface area (Å²) >= 11 is 3.22. The molecule has 3 nitrogen and oxygen atoms in total. The quantitative estimate of drug-likeness (QED) is 0.745. The molecule has 2 heterocycles. The Morgan fingerprint density at radius 2 is 2.12 bits per heavy atom. The first-order chi connectivity index (χ1) is 8.24.